The molecule has 5 heteroatoms. The number of para-hydroxylation sites is 1. The second-order valence-corrected chi connectivity index (χ2v) is 4.17. The van der Waals surface area contributed by atoms with E-state index < -0.39 is 5.82 Å². The first-order chi connectivity index (χ1) is 10.2. The van der Waals surface area contributed by atoms with E-state index in [9.17, 15) is 9.18 Å². The van der Waals surface area contributed by atoms with E-state index in [1.165, 1.54) is 19.2 Å². The Morgan fingerprint density at radius 2 is 2.00 bits per heavy atom. The van der Waals surface area contributed by atoms with Gasteiger partial charge in [0.2, 0.25) is 5.78 Å². The van der Waals surface area contributed by atoms with Crippen LogP contribution in [-0.4, -0.2) is 19.5 Å². The molecule has 0 saturated carbocycles. The van der Waals surface area contributed by atoms with Gasteiger partial charge in [-0.3, -0.25) is 4.79 Å². The maximum atomic E-state index is 13.6. The topological polar surface area (TPSA) is 59.3 Å². The average molecular weight is 285 g/mol. The molecule has 0 spiro atoms. The van der Waals surface area contributed by atoms with Crippen LogP contribution >= 0.6 is 0 Å². The molecule has 0 amide bonds. The smallest absolute Gasteiger partial charge is 0.203 e. The van der Waals surface area contributed by atoms with Crippen molar-refractivity contribution in [3.63, 3.8) is 0 Å². The van der Waals surface area contributed by atoms with Crippen LogP contribution < -0.4 is 9.47 Å². The monoisotopic (exact) mass is 285 g/mol. The fraction of sp³-hybridized carbons (Fsp3) is 0.125. The van der Waals surface area contributed by atoms with Crippen LogP contribution in [0.5, 0.6) is 11.5 Å². The van der Waals surface area contributed by atoms with Gasteiger partial charge in [-0.15, -0.1) is 0 Å². The third kappa shape index (κ3) is 3.37. The zero-order chi connectivity index (χ0) is 15.2. The van der Waals surface area contributed by atoms with Crippen LogP contribution in [0.1, 0.15) is 15.9 Å². The first-order valence-corrected chi connectivity index (χ1v) is 6.14. The molecule has 0 saturated heterocycles. The summed E-state index contributed by atoms with van der Waals surface area (Å²) in [4.78, 5) is 12.1. The third-order valence-corrected chi connectivity index (χ3v) is 2.83. The lowest BCUT2D eigenvalue weighted by Gasteiger charge is -2.09. The Morgan fingerprint density at radius 3 is 2.67 bits per heavy atom. The van der Waals surface area contributed by atoms with Crippen LogP contribution in [-0.2, 0) is 0 Å². The number of rotatable bonds is 5. The number of nitrogens with zero attached hydrogens (tertiary/aromatic N) is 1. The van der Waals surface area contributed by atoms with Crippen LogP contribution in [0, 0.1) is 17.1 Å². The van der Waals surface area contributed by atoms with E-state index in [1.54, 1.807) is 24.3 Å². The molecule has 0 unspecified atom stereocenters. The molecule has 2 aromatic carbocycles. The standard InChI is InChI=1S/C16H12FNO3/c1-20-15-5-3-2-4-12(15)14(19)10-21-16-7-6-11(9-18)8-13(16)17/h2-8H,10H2,1H3. The second-order valence-electron chi connectivity index (χ2n) is 4.17. The number of hydrogen-bond acceptors (Lipinski definition) is 4. The van der Waals surface area contributed by atoms with Crippen molar-refractivity contribution in [2.24, 2.45) is 0 Å². The molecule has 0 aliphatic carbocycles. The minimum absolute atomic E-state index is 0.0720. The zero-order valence-electron chi connectivity index (χ0n) is 11.3. The van der Waals surface area contributed by atoms with Crippen molar-refractivity contribution in [3.8, 4) is 17.6 Å². The highest BCUT2D eigenvalue weighted by molar-refractivity contribution is 5.99. The predicted octanol–water partition coefficient (Wildman–Crippen LogP) is 2.97. The molecule has 21 heavy (non-hydrogen) atoms. The van der Waals surface area contributed by atoms with Crippen LogP contribution in [0.25, 0.3) is 0 Å². The summed E-state index contributed by atoms with van der Waals surface area (Å²) >= 11 is 0. The molecular weight excluding hydrogens is 273 g/mol. The molecule has 0 radical (unpaired) electrons. The molecule has 0 aromatic heterocycles. The molecule has 106 valence electrons. The van der Waals surface area contributed by atoms with Gasteiger partial charge in [0, 0.05) is 0 Å². The summed E-state index contributed by atoms with van der Waals surface area (Å²) < 4.78 is 23.9. The lowest BCUT2D eigenvalue weighted by Crippen LogP contribution is -2.13. The van der Waals surface area contributed by atoms with Gasteiger partial charge in [0.05, 0.1) is 24.3 Å². The van der Waals surface area contributed by atoms with Crippen molar-refractivity contribution in [2.45, 2.75) is 0 Å². The average Bonchev–Trinajstić information content (AvgIpc) is 2.53. The summed E-state index contributed by atoms with van der Waals surface area (Å²) in [5, 5.41) is 8.65. The quantitative estimate of drug-likeness (QED) is 0.792. The van der Waals surface area contributed by atoms with Crippen LogP contribution in [0.3, 0.4) is 0 Å². The lowest BCUT2D eigenvalue weighted by atomic mass is 10.1. The summed E-state index contributed by atoms with van der Waals surface area (Å²) in [7, 11) is 1.47. The minimum atomic E-state index is -0.679. The maximum Gasteiger partial charge on any atom is 0.203 e. The molecule has 0 N–H and O–H groups in total. The summed E-state index contributed by atoms with van der Waals surface area (Å²) in [6, 6.07) is 12.4. The van der Waals surface area contributed by atoms with Crippen molar-refractivity contribution in [1.29, 1.82) is 5.26 Å². The first-order valence-electron chi connectivity index (χ1n) is 6.14. The van der Waals surface area contributed by atoms with E-state index in [4.69, 9.17) is 14.7 Å². The molecule has 2 aromatic rings. The van der Waals surface area contributed by atoms with Gasteiger partial charge in [0.25, 0.3) is 0 Å². The third-order valence-electron chi connectivity index (χ3n) is 2.83. The fourth-order valence-electron chi connectivity index (χ4n) is 1.78. The number of methoxy groups -OCH3 is 1. The van der Waals surface area contributed by atoms with Gasteiger partial charge >= 0.3 is 0 Å². The van der Waals surface area contributed by atoms with Crippen molar-refractivity contribution in [3.05, 3.63) is 59.4 Å². The molecule has 0 fully saturated rings. The molecule has 2 rings (SSSR count). The molecule has 0 aliphatic heterocycles. The largest absolute Gasteiger partial charge is 0.496 e. The number of carbonyl (C=O) groups excluding carboxylic acids is 1. The number of Topliss-reactive ketones (excluding diaryl/α,β-unsaturated/α-hetero) is 1. The number of benzene rings is 2. The van der Waals surface area contributed by atoms with Crippen molar-refractivity contribution >= 4 is 5.78 Å². The van der Waals surface area contributed by atoms with Gasteiger partial charge in [-0.25, -0.2) is 4.39 Å². The van der Waals surface area contributed by atoms with Gasteiger partial charge in [-0.2, -0.15) is 5.26 Å². The van der Waals surface area contributed by atoms with Gasteiger partial charge in [0.1, 0.15) is 5.75 Å². The van der Waals surface area contributed by atoms with Crippen LogP contribution in [0.15, 0.2) is 42.5 Å². The van der Waals surface area contributed by atoms with Crippen molar-refractivity contribution in [1.82, 2.24) is 0 Å². The van der Waals surface area contributed by atoms with E-state index >= 15 is 0 Å². The van der Waals surface area contributed by atoms with Gasteiger partial charge in [-0.05, 0) is 30.3 Å². The van der Waals surface area contributed by atoms with Crippen molar-refractivity contribution < 1.29 is 18.7 Å². The van der Waals surface area contributed by atoms with Gasteiger partial charge in [-0.1, -0.05) is 12.1 Å². The number of carbonyl (C=O) groups is 1. The number of nitriles is 1. The Labute approximate surface area is 121 Å². The summed E-state index contributed by atoms with van der Waals surface area (Å²) in [6.45, 7) is -0.316. The zero-order valence-corrected chi connectivity index (χ0v) is 11.3. The second kappa shape index (κ2) is 6.53. The highest BCUT2D eigenvalue weighted by Gasteiger charge is 2.13. The Hall–Kier alpha value is -2.87. The van der Waals surface area contributed by atoms with E-state index in [0.717, 1.165) is 6.07 Å². The van der Waals surface area contributed by atoms with Crippen LogP contribution in [0.4, 0.5) is 4.39 Å². The molecular formula is C16H12FNO3. The Kier molecular flexibility index (Phi) is 4.52. The highest BCUT2D eigenvalue weighted by Crippen LogP contribution is 2.20. The predicted molar refractivity (Wildman–Crippen MR) is 73.9 cm³/mol. The number of ketones is 1. The number of halogens is 1. The van der Waals surface area contributed by atoms with E-state index in [1.807, 2.05) is 6.07 Å². The Balaban J connectivity index is 2.10. The Morgan fingerprint density at radius 1 is 1.24 bits per heavy atom. The normalized spacial score (nSPS) is 9.76. The molecule has 0 aliphatic rings. The first kappa shape index (κ1) is 14.5. The maximum absolute atomic E-state index is 13.6. The molecule has 0 atom stereocenters. The van der Waals surface area contributed by atoms with Gasteiger partial charge < -0.3 is 9.47 Å². The van der Waals surface area contributed by atoms with E-state index in [2.05, 4.69) is 0 Å². The lowest BCUT2D eigenvalue weighted by molar-refractivity contribution is 0.0915. The number of hydrogen-bond donors (Lipinski definition) is 0. The fourth-order valence-corrected chi connectivity index (χ4v) is 1.78. The highest BCUT2D eigenvalue weighted by atomic mass is 19.1. The van der Waals surface area contributed by atoms with Gasteiger partial charge in [0.15, 0.2) is 18.2 Å². The van der Waals surface area contributed by atoms with E-state index in [-0.39, 0.29) is 23.7 Å². The summed E-state index contributed by atoms with van der Waals surface area (Å²) in [6.07, 6.45) is 0. The summed E-state index contributed by atoms with van der Waals surface area (Å²) in [5.74, 6) is -0.637. The Bertz CT molecular complexity index is 707. The van der Waals surface area contributed by atoms with Crippen molar-refractivity contribution in [2.75, 3.05) is 13.7 Å². The molecule has 4 nitrogen and oxygen atoms in total. The van der Waals surface area contributed by atoms with E-state index in [0.29, 0.717) is 11.3 Å². The molecule has 0 bridgehead atoms. The van der Waals surface area contributed by atoms with Crippen LogP contribution in [0.2, 0.25) is 0 Å². The summed E-state index contributed by atoms with van der Waals surface area (Å²) in [5.41, 5.74) is 0.560. The molecule has 0 heterocycles. The number of ether oxygens (including phenoxy) is 2. The SMILES string of the molecule is COc1ccccc1C(=O)COc1ccc(C#N)cc1F. The minimum Gasteiger partial charge on any atom is -0.496 e.